The fourth-order valence-corrected chi connectivity index (χ4v) is 1.62. The summed E-state index contributed by atoms with van der Waals surface area (Å²) in [7, 11) is 0. The molecule has 0 bridgehead atoms. The maximum atomic E-state index is 11.8. The van der Waals surface area contributed by atoms with Crippen molar-refractivity contribution in [3.8, 4) is 0 Å². The Balaban J connectivity index is 2.66. The lowest BCUT2D eigenvalue weighted by molar-refractivity contribution is -0.121. The largest absolute Gasteiger partial charge is 0.478 e. The van der Waals surface area contributed by atoms with Gasteiger partial charge in [0.15, 0.2) is 0 Å². The summed E-state index contributed by atoms with van der Waals surface area (Å²) in [5, 5.41) is 14.7. The Morgan fingerprint density at radius 3 is 2.45 bits per heavy atom. The van der Waals surface area contributed by atoms with Gasteiger partial charge in [0.1, 0.15) is 6.04 Å². The van der Waals surface area contributed by atoms with Crippen molar-refractivity contribution in [1.29, 1.82) is 0 Å². The standard InChI is InChI=1S/C14H21N3O3/c1-8(2)7-16-13(18)9(3)17-10-4-5-11(14(19)20)12(15)6-10/h4-6,8-9,17H,7,15H2,1-3H3,(H,16,18)(H,19,20). The summed E-state index contributed by atoms with van der Waals surface area (Å²) >= 11 is 0. The van der Waals surface area contributed by atoms with Gasteiger partial charge in [-0.3, -0.25) is 4.79 Å². The lowest BCUT2D eigenvalue weighted by Crippen LogP contribution is -2.39. The number of rotatable bonds is 6. The molecule has 1 aromatic carbocycles. The van der Waals surface area contributed by atoms with Gasteiger partial charge in [0.25, 0.3) is 0 Å². The second-order valence-corrected chi connectivity index (χ2v) is 5.11. The molecule has 0 aromatic heterocycles. The van der Waals surface area contributed by atoms with E-state index in [9.17, 15) is 9.59 Å². The van der Waals surface area contributed by atoms with Crippen LogP contribution in [0, 0.1) is 5.92 Å². The third-order valence-corrected chi connectivity index (χ3v) is 2.74. The van der Waals surface area contributed by atoms with Crippen LogP contribution in [0.2, 0.25) is 0 Å². The van der Waals surface area contributed by atoms with Crippen LogP contribution in [0.1, 0.15) is 31.1 Å². The van der Waals surface area contributed by atoms with Crippen molar-refractivity contribution in [3.63, 3.8) is 0 Å². The lowest BCUT2D eigenvalue weighted by Gasteiger charge is -2.16. The number of carboxylic acids is 1. The molecule has 1 amide bonds. The highest BCUT2D eigenvalue weighted by molar-refractivity contribution is 5.94. The number of carbonyl (C=O) groups is 2. The van der Waals surface area contributed by atoms with Crippen LogP contribution < -0.4 is 16.4 Å². The maximum Gasteiger partial charge on any atom is 0.337 e. The van der Waals surface area contributed by atoms with E-state index in [0.717, 1.165) is 0 Å². The first-order valence-corrected chi connectivity index (χ1v) is 6.48. The molecule has 6 nitrogen and oxygen atoms in total. The Hall–Kier alpha value is -2.24. The molecule has 110 valence electrons. The summed E-state index contributed by atoms with van der Waals surface area (Å²) in [6.07, 6.45) is 0. The van der Waals surface area contributed by atoms with E-state index in [1.807, 2.05) is 13.8 Å². The fourth-order valence-electron chi connectivity index (χ4n) is 1.62. The quantitative estimate of drug-likeness (QED) is 0.591. The number of nitrogen functional groups attached to an aromatic ring is 1. The average Bonchev–Trinajstić information content (AvgIpc) is 2.35. The Morgan fingerprint density at radius 2 is 1.95 bits per heavy atom. The molecule has 5 N–H and O–H groups in total. The number of hydrogen-bond acceptors (Lipinski definition) is 4. The lowest BCUT2D eigenvalue weighted by atomic mass is 10.1. The Labute approximate surface area is 118 Å². The van der Waals surface area contributed by atoms with Gasteiger partial charge in [-0.1, -0.05) is 13.8 Å². The van der Waals surface area contributed by atoms with Gasteiger partial charge in [0, 0.05) is 17.9 Å². The van der Waals surface area contributed by atoms with Gasteiger partial charge in [-0.25, -0.2) is 4.79 Å². The number of nitrogens with one attached hydrogen (secondary N) is 2. The minimum atomic E-state index is -1.07. The minimum Gasteiger partial charge on any atom is -0.478 e. The van der Waals surface area contributed by atoms with E-state index in [4.69, 9.17) is 10.8 Å². The summed E-state index contributed by atoms with van der Waals surface area (Å²) < 4.78 is 0. The summed E-state index contributed by atoms with van der Waals surface area (Å²) in [4.78, 5) is 22.7. The van der Waals surface area contributed by atoms with E-state index >= 15 is 0 Å². The Kier molecular flexibility index (Phi) is 5.37. The number of carboxylic acid groups (broad SMARTS) is 1. The van der Waals surface area contributed by atoms with Gasteiger partial charge in [-0.15, -0.1) is 0 Å². The van der Waals surface area contributed by atoms with Gasteiger partial charge in [0.05, 0.1) is 5.56 Å². The van der Waals surface area contributed by atoms with Crippen molar-refractivity contribution in [2.45, 2.75) is 26.8 Å². The number of aromatic carboxylic acids is 1. The van der Waals surface area contributed by atoms with Crippen LogP contribution in [0.5, 0.6) is 0 Å². The number of benzene rings is 1. The number of hydrogen-bond donors (Lipinski definition) is 4. The number of amides is 1. The molecule has 1 unspecified atom stereocenters. The molecule has 0 aliphatic rings. The second kappa shape index (κ2) is 6.79. The molecule has 0 aliphatic heterocycles. The molecule has 1 rings (SSSR count). The third-order valence-electron chi connectivity index (χ3n) is 2.74. The van der Waals surface area contributed by atoms with E-state index in [2.05, 4.69) is 10.6 Å². The topological polar surface area (TPSA) is 104 Å². The van der Waals surface area contributed by atoms with Crippen molar-refractivity contribution < 1.29 is 14.7 Å². The van der Waals surface area contributed by atoms with Crippen molar-refractivity contribution in [2.24, 2.45) is 5.92 Å². The smallest absolute Gasteiger partial charge is 0.337 e. The average molecular weight is 279 g/mol. The number of nitrogens with two attached hydrogens (primary N) is 1. The fraction of sp³-hybridized carbons (Fsp3) is 0.429. The van der Waals surface area contributed by atoms with Crippen LogP contribution in [-0.4, -0.2) is 29.6 Å². The zero-order valence-electron chi connectivity index (χ0n) is 11.9. The minimum absolute atomic E-state index is 0.0486. The predicted octanol–water partition coefficient (Wildman–Crippen LogP) is 1.54. The van der Waals surface area contributed by atoms with Gasteiger partial charge >= 0.3 is 5.97 Å². The first-order chi connectivity index (χ1) is 9.31. The molecule has 20 heavy (non-hydrogen) atoms. The number of anilines is 2. The van der Waals surface area contributed by atoms with E-state index < -0.39 is 12.0 Å². The van der Waals surface area contributed by atoms with Gasteiger partial charge in [0.2, 0.25) is 5.91 Å². The molecule has 0 saturated carbocycles. The molecule has 6 heteroatoms. The van der Waals surface area contributed by atoms with Crippen molar-refractivity contribution in [3.05, 3.63) is 23.8 Å². The SMILES string of the molecule is CC(C)CNC(=O)C(C)Nc1ccc(C(=O)O)c(N)c1. The molecular weight excluding hydrogens is 258 g/mol. The first-order valence-electron chi connectivity index (χ1n) is 6.48. The summed E-state index contributed by atoms with van der Waals surface area (Å²) in [5.41, 5.74) is 6.47. The molecule has 0 radical (unpaired) electrons. The molecule has 0 saturated heterocycles. The third kappa shape index (κ3) is 4.46. The molecule has 0 fully saturated rings. The summed E-state index contributed by atoms with van der Waals surface area (Å²) in [6.45, 7) is 6.38. The molecule has 0 aliphatic carbocycles. The van der Waals surface area contributed by atoms with E-state index in [1.54, 1.807) is 13.0 Å². The summed E-state index contributed by atoms with van der Waals surface area (Å²) in [5.74, 6) is -0.798. The zero-order valence-corrected chi connectivity index (χ0v) is 11.9. The molecule has 1 aromatic rings. The Bertz CT molecular complexity index is 500. The van der Waals surface area contributed by atoms with Crippen LogP contribution in [0.25, 0.3) is 0 Å². The highest BCUT2D eigenvalue weighted by Gasteiger charge is 2.14. The normalized spacial score (nSPS) is 12.0. The maximum absolute atomic E-state index is 11.8. The predicted molar refractivity (Wildman–Crippen MR) is 78.7 cm³/mol. The van der Waals surface area contributed by atoms with Crippen LogP contribution in [-0.2, 0) is 4.79 Å². The van der Waals surface area contributed by atoms with E-state index in [0.29, 0.717) is 18.2 Å². The van der Waals surface area contributed by atoms with Crippen LogP contribution in [0.4, 0.5) is 11.4 Å². The number of carbonyl (C=O) groups excluding carboxylic acids is 1. The molecule has 0 heterocycles. The molecule has 0 spiro atoms. The van der Waals surface area contributed by atoms with Crippen molar-refractivity contribution in [1.82, 2.24) is 5.32 Å². The molecular formula is C14H21N3O3. The van der Waals surface area contributed by atoms with Crippen LogP contribution in [0.15, 0.2) is 18.2 Å². The summed E-state index contributed by atoms with van der Waals surface area (Å²) in [6, 6.07) is 4.09. The second-order valence-electron chi connectivity index (χ2n) is 5.11. The van der Waals surface area contributed by atoms with E-state index in [1.165, 1.54) is 12.1 Å². The zero-order chi connectivity index (χ0) is 15.3. The van der Waals surface area contributed by atoms with Crippen molar-refractivity contribution in [2.75, 3.05) is 17.6 Å². The highest BCUT2D eigenvalue weighted by atomic mass is 16.4. The Morgan fingerprint density at radius 1 is 1.30 bits per heavy atom. The van der Waals surface area contributed by atoms with E-state index in [-0.39, 0.29) is 17.2 Å². The highest BCUT2D eigenvalue weighted by Crippen LogP contribution is 2.18. The van der Waals surface area contributed by atoms with Gasteiger partial charge in [-0.2, -0.15) is 0 Å². The monoisotopic (exact) mass is 279 g/mol. The molecule has 1 atom stereocenters. The van der Waals surface area contributed by atoms with Gasteiger partial charge in [-0.05, 0) is 31.0 Å². The van der Waals surface area contributed by atoms with Crippen LogP contribution in [0.3, 0.4) is 0 Å². The first kappa shape index (κ1) is 15.8. The van der Waals surface area contributed by atoms with Crippen molar-refractivity contribution >= 4 is 23.3 Å². The van der Waals surface area contributed by atoms with Crippen LogP contribution >= 0.6 is 0 Å². The van der Waals surface area contributed by atoms with Gasteiger partial charge < -0.3 is 21.5 Å².